The molecular formula is C17H27NO. The van der Waals surface area contributed by atoms with E-state index >= 15 is 0 Å². The Hall–Kier alpha value is -0.860. The Morgan fingerprint density at radius 1 is 1.16 bits per heavy atom. The Bertz CT molecular complexity index is 369. The first kappa shape index (κ1) is 14.5. The van der Waals surface area contributed by atoms with Crippen LogP contribution < -0.4 is 5.32 Å². The topological polar surface area (TPSA) is 21.3 Å². The molecule has 0 spiro atoms. The van der Waals surface area contributed by atoms with Crippen molar-refractivity contribution in [3.63, 3.8) is 0 Å². The summed E-state index contributed by atoms with van der Waals surface area (Å²) in [5.74, 6) is 0.696. The average molecular weight is 261 g/mol. The molecule has 1 N–H and O–H groups in total. The van der Waals surface area contributed by atoms with Gasteiger partial charge in [-0.3, -0.25) is 0 Å². The van der Waals surface area contributed by atoms with Gasteiger partial charge in [-0.25, -0.2) is 0 Å². The summed E-state index contributed by atoms with van der Waals surface area (Å²) >= 11 is 0. The third-order valence-corrected chi connectivity index (χ3v) is 3.76. The van der Waals surface area contributed by atoms with Crippen molar-refractivity contribution >= 4 is 0 Å². The predicted octanol–water partition coefficient (Wildman–Crippen LogP) is 3.89. The SMILES string of the molecule is CC(C)CNCc1ccccc1COC1CCCC1. The molecule has 0 bridgehead atoms. The molecule has 1 saturated carbocycles. The summed E-state index contributed by atoms with van der Waals surface area (Å²) in [7, 11) is 0. The van der Waals surface area contributed by atoms with Gasteiger partial charge in [-0.05, 0) is 36.4 Å². The second-order valence-corrected chi connectivity index (χ2v) is 6.01. The average Bonchev–Trinajstić information content (AvgIpc) is 2.90. The minimum Gasteiger partial charge on any atom is -0.374 e. The van der Waals surface area contributed by atoms with Crippen molar-refractivity contribution < 1.29 is 4.74 Å². The van der Waals surface area contributed by atoms with Crippen molar-refractivity contribution in [2.75, 3.05) is 6.54 Å². The largest absolute Gasteiger partial charge is 0.374 e. The van der Waals surface area contributed by atoms with Crippen molar-refractivity contribution in [2.45, 2.75) is 58.8 Å². The fraction of sp³-hybridized carbons (Fsp3) is 0.647. The summed E-state index contributed by atoms with van der Waals surface area (Å²) in [4.78, 5) is 0. The van der Waals surface area contributed by atoms with Crippen LogP contribution in [0.4, 0.5) is 0 Å². The lowest BCUT2D eigenvalue weighted by atomic mass is 10.1. The lowest BCUT2D eigenvalue weighted by Crippen LogP contribution is -2.20. The number of ether oxygens (including phenoxy) is 1. The van der Waals surface area contributed by atoms with Crippen LogP contribution in [0.3, 0.4) is 0 Å². The summed E-state index contributed by atoms with van der Waals surface area (Å²) < 4.78 is 6.03. The standard InChI is InChI=1S/C17H27NO/c1-14(2)11-18-12-15-7-3-4-8-16(15)13-19-17-9-5-6-10-17/h3-4,7-8,14,17-18H,5-6,9-13H2,1-2H3. The van der Waals surface area contributed by atoms with Crippen LogP contribution in [0.25, 0.3) is 0 Å². The summed E-state index contributed by atoms with van der Waals surface area (Å²) in [6.45, 7) is 7.26. The van der Waals surface area contributed by atoms with Crippen molar-refractivity contribution in [1.82, 2.24) is 5.32 Å². The fourth-order valence-corrected chi connectivity index (χ4v) is 2.63. The normalized spacial score (nSPS) is 16.4. The molecule has 106 valence electrons. The van der Waals surface area contributed by atoms with Crippen LogP contribution in [0, 0.1) is 5.92 Å². The van der Waals surface area contributed by atoms with Crippen LogP contribution >= 0.6 is 0 Å². The molecule has 2 nitrogen and oxygen atoms in total. The molecule has 1 aliphatic rings. The Labute approximate surface area is 117 Å². The lowest BCUT2D eigenvalue weighted by Gasteiger charge is -2.15. The van der Waals surface area contributed by atoms with Gasteiger partial charge in [-0.2, -0.15) is 0 Å². The van der Waals surface area contributed by atoms with Gasteiger partial charge in [0.05, 0.1) is 12.7 Å². The summed E-state index contributed by atoms with van der Waals surface area (Å²) in [6, 6.07) is 8.63. The molecular weight excluding hydrogens is 234 g/mol. The zero-order chi connectivity index (χ0) is 13.5. The van der Waals surface area contributed by atoms with Crippen LogP contribution in [0.5, 0.6) is 0 Å². The van der Waals surface area contributed by atoms with Gasteiger partial charge in [0.25, 0.3) is 0 Å². The second kappa shape index (κ2) is 7.66. The number of rotatable bonds is 7. The number of benzene rings is 1. The highest BCUT2D eigenvalue weighted by molar-refractivity contribution is 5.26. The first-order valence-corrected chi connectivity index (χ1v) is 7.65. The van der Waals surface area contributed by atoms with Crippen LogP contribution in [-0.4, -0.2) is 12.6 Å². The van der Waals surface area contributed by atoms with E-state index in [2.05, 4.69) is 43.4 Å². The molecule has 0 saturated heterocycles. The van der Waals surface area contributed by atoms with E-state index < -0.39 is 0 Å². The third kappa shape index (κ3) is 4.96. The van der Waals surface area contributed by atoms with Gasteiger partial charge >= 0.3 is 0 Å². The van der Waals surface area contributed by atoms with E-state index in [1.165, 1.54) is 36.8 Å². The molecule has 1 aromatic carbocycles. The Morgan fingerprint density at radius 2 is 1.84 bits per heavy atom. The molecule has 0 radical (unpaired) electrons. The van der Waals surface area contributed by atoms with E-state index in [1.807, 2.05) is 0 Å². The van der Waals surface area contributed by atoms with Gasteiger partial charge in [0.15, 0.2) is 0 Å². The van der Waals surface area contributed by atoms with Crippen LogP contribution in [0.1, 0.15) is 50.7 Å². The van der Waals surface area contributed by atoms with E-state index in [4.69, 9.17) is 4.74 Å². The first-order chi connectivity index (χ1) is 9.25. The van der Waals surface area contributed by atoms with Crippen molar-refractivity contribution in [3.8, 4) is 0 Å². The van der Waals surface area contributed by atoms with E-state index in [0.717, 1.165) is 19.7 Å². The zero-order valence-electron chi connectivity index (χ0n) is 12.3. The molecule has 2 heteroatoms. The van der Waals surface area contributed by atoms with Gasteiger partial charge in [0.1, 0.15) is 0 Å². The van der Waals surface area contributed by atoms with Crippen molar-refractivity contribution in [3.05, 3.63) is 35.4 Å². The van der Waals surface area contributed by atoms with Gasteiger partial charge in [0, 0.05) is 6.54 Å². The monoisotopic (exact) mass is 261 g/mol. The van der Waals surface area contributed by atoms with Crippen molar-refractivity contribution in [1.29, 1.82) is 0 Å². The molecule has 0 aromatic heterocycles. The van der Waals surface area contributed by atoms with E-state index in [9.17, 15) is 0 Å². The highest BCUT2D eigenvalue weighted by Gasteiger charge is 2.15. The zero-order valence-corrected chi connectivity index (χ0v) is 12.3. The molecule has 2 rings (SSSR count). The Morgan fingerprint density at radius 3 is 2.53 bits per heavy atom. The Balaban J connectivity index is 1.84. The molecule has 1 aliphatic carbocycles. The fourth-order valence-electron chi connectivity index (χ4n) is 2.63. The predicted molar refractivity (Wildman–Crippen MR) is 80.0 cm³/mol. The minimum atomic E-state index is 0.497. The van der Waals surface area contributed by atoms with Crippen LogP contribution in [-0.2, 0) is 17.9 Å². The quantitative estimate of drug-likeness (QED) is 0.804. The number of hydrogen-bond acceptors (Lipinski definition) is 2. The molecule has 0 aliphatic heterocycles. The molecule has 0 atom stereocenters. The maximum atomic E-state index is 6.03. The number of nitrogens with one attached hydrogen (secondary N) is 1. The molecule has 19 heavy (non-hydrogen) atoms. The van der Waals surface area contributed by atoms with Gasteiger partial charge in [0.2, 0.25) is 0 Å². The molecule has 1 aromatic rings. The number of hydrogen-bond donors (Lipinski definition) is 1. The van der Waals surface area contributed by atoms with E-state index in [1.54, 1.807) is 0 Å². The summed E-state index contributed by atoms with van der Waals surface area (Å²) in [5.41, 5.74) is 2.71. The van der Waals surface area contributed by atoms with E-state index in [0.29, 0.717) is 12.0 Å². The van der Waals surface area contributed by atoms with Crippen LogP contribution in [0.2, 0.25) is 0 Å². The molecule has 0 heterocycles. The highest BCUT2D eigenvalue weighted by Crippen LogP contribution is 2.22. The molecule has 0 amide bonds. The first-order valence-electron chi connectivity index (χ1n) is 7.65. The second-order valence-electron chi connectivity index (χ2n) is 6.01. The molecule has 0 unspecified atom stereocenters. The molecule has 1 fully saturated rings. The van der Waals surface area contributed by atoms with Gasteiger partial charge in [-0.15, -0.1) is 0 Å². The lowest BCUT2D eigenvalue weighted by molar-refractivity contribution is 0.0452. The van der Waals surface area contributed by atoms with E-state index in [-0.39, 0.29) is 0 Å². The Kier molecular flexibility index (Phi) is 5.87. The van der Waals surface area contributed by atoms with Gasteiger partial charge < -0.3 is 10.1 Å². The summed E-state index contributed by atoms with van der Waals surface area (Å²) in [6.07, 6.45) is 5.66. The third-order valence-electron chi connectivity index (χ3n) is 3.76. The maximum Gasteiger partial charge on any atom is 0.0723 e. The maximum absolute atomic E-state index is 6.03. The minimum absolute atomic E-state index is 0.497. The smallest absolute Gasteiger partial charge is 0.0723 e. The van der Waals surface area contributed by atoms with Crippen LogP contribution in [0.15, 0.2) is 24.3 Å². The summed E-state index contributed by atoms with van der Waals surface area (Å²) in [5, 5.41) is 3.51. The van der Waals surface area contributed by atoms with Crippen molar-refractivity contribution in [2.24, 2.45) is 5.92 Å². The van der Waals surface area contributed by atoms with Gasteiger partial charge in [-0.1, -0.05) is 51.0 Å². The highest BCUT2D eigenvalue weighted by atomic mass is 16.5.